The summed E-state index contributed by atoms with van der Waals surface area (Å²) in [6, 6.07) is 0. The van der Waals surface area contributed by atoms with E-state index in [1.54, 1.807) is 6.08 Å². The SMILES string of the molecule is C=C/C=C\C=C(/C=C)CCCCN. The Morgan fingerprint density at radius 1 is 1.15 bits per heavy atom. The first-order chi connectivity index (χ1) is 6.35. The van der Waals surface area contributed by atoms with Crippen LogP contribution in [-0.4, -0.2) is 6.54 Å². The predicted molar refractivity (Wildman–Crippen MR) is 60.5 cm³/mol. The first-order valence-electron chi connectivity index (χ1n) is 4.66. The topological polar surface area (TPSA) is 26.0 Å². The number of hydrogen-bond acceptors (Lipinski definition) is 1. The second-order valence-corrected chi connectivity index (χ2v) is 2.81. The minimum Gasteiger partial charge on any atom is -0.330 e. The normalized spacial score (nSPS) is 11.9. The van der Waals surface area contributed by atoms with Crippen LogP contribution in [0, 0.1) is 0 Å². The van der Waals surface area contributed by atoms with Crippen molar-refractivity contribution < 1.29 is 0 Å². The third kappa shape index (κ3) is 7.29. The van der Waals surface area contributed by atoms with Crippen LogP contribution in [0.4, 0.5) is 0 Å². The van der Waals surface area contributed by atoms with Gasteiger partial charge in [-0.1, -0.05) is 43.5 Å². The third-order valence-electron chi connectivity index (χ3n) is 1.74. The molecule has 0 saturated carbocycles. The van der Waals surface area contributed by atoms with E-state index < -0.39 is 0 Å². The van der Waals surface area contributed by atoms with Crippen LogP contribution in [0.25, 0.3) is 0 Å². The van der Waals surface area contributed by atoms with Gasteiger partial charge < -0.3 is 5.73 Å². The molecule has 0 aliphatic carbocycles. The van der Waals surface area contributed by atoms with Gasteiger partial charge in [0.2, 0.25) is 0 Å². The molecule has 0 aliphatic heterocycles. The van der Waals surface area contributed by atoms with Gasteiger partial charge in [0, 0.05) is 0 Å². The van der Waals surface area contributed by atoms with Crippen molar-refractivity contribution in [3.05, 3.63) is 49.1 Å². The van der Waals surface area contributed by atoms with E-state index in [1.165, 1.54) is 5.57 Å². The Labute approximate surface area is 81.3 Å². The molecule has 0 radical (unpaired) electrons. The first kappa shape index (κ1) is 11.9. The second-order valence-electron chi connectivity index (χ2n) is 2.81. The lowest BCUT2D eigenvalue weighted by atomic mass is 10.1. The van der Waals surface area contributed by atoms with Crippen molar-refractivity contribution in [3.8, 4) is 0 Å². The number of hydrogen-bond donors (Lipinski definition) is 1. The quantitative estimate of drug-likeness (QED) is 0.469. The number of unbranched alkanes of at least 4 members (excludes halogenated alkanes) is 1. The van der Waals surface area contributed by atoms with Crippen LogP contribution in [0.15, 0.2) is 49.1 Å². The zero-order valence-corrected chi connectivity index (χ0v) is 8.21. The Hall–Kier alpha value is -1.08. The molecule has 0 unspecified atom stereocenters. The molecule has 0 aromatic carbocycles. The van der Waals surface area contributed by atoms with Gasteiger partial charge in [-0.3, -0.25) is 0 Å². The predicted octanol–water partition coefficient (Wildman–Crippen LogP) is 2.97. The zero-order chi connectivity index (χ0) is 9.94. The van der Waals surface area contributed by atoms with Gasteiger partial charge in [-0.05, 0) is 31.4 Å². The summed E-state index contributed by atoms with van der Waals surface area (Å²) in [5.41, 5.74) is 6.66. The molecular weight excluding hydrogens is 158 g/mol. The maximum Gasteiger partial charge on any atom is -0.00772 e. The van der Waals surface area contributed by atoms with Crippen LogP contribution in [0.2, 0.25) is 0 Å². The first-order valence-corrected chi connectivity index (χ1v) is 4.66. The number of allylic oxidation sites excluding steroid dienone is 6. The fraction of sp³-hybridized carbons (Fsp3) is 0.333. The van der Waals surface area contributed by atoms with E-state index in [4.69, 9.17) is 5.73 Å². The summed E-state index contributed by atoms with van der Waals surface area (Å²) in [4.78, 5) is 0. The molecule has 13 heavy (non-hydrogen) atoms. The Bertz CT molecular complexity index is 199. The molecule has 0 spiro atoms. The lowest BCUT2D eigenvalue weighted by Crippen LogP contribution is -1.97. The molecule has 0 aromatic rings. The van der Waals surface area contributed by atoms with Crippen molar-refractivity contribution in [2.75, 3.05) is 6.54 Å². The van der Waals surface area contributed by atoms with Crippen LogP contribution in [0.5, 0.6) is 0 Å². The van der Waals surface area contributed by atoms with Gasteiger partial charge >= 0.3 is 0 Å². The van der Waals surface area contributed by atoms with Crippen molar-refractivity contribution >= 4 is 0 Å². The van der Waals surface area contributed by atoms with E-state index in [0.717, 1.165) is 25.8 Å². The standard InChI is InChI=1S/C12H19N/c1-3-5-6-9-12(4-2)10-7-8-11-13/h3-6,9H,1-2,7-8,10-11,13H2/b6-5-,12-9+. The summed E-state index contributed by atoms with van der Waals surface area (Å²) in [5, 5.41) is 0. The van der Waals surface area contributed by atoms with Gasteiger partial charge in [0.1, 0.15) is 0 Å². The average Bonchev–Trinajstić information content (AvgIpc) is 2.16. The Morgan fingerprint density at radius 2 is 1.92 bits per heavy atom. The minimum atomic E-state index is 0.771. The van der Waals surface area contributed by atoms with E-state index in [2.05, 4.69) is 19.2 Å². The molecule has 72 valence electrons. The summed E-state index contributed by atoms with van der Waals surface area (Å²) in [7, 11) is 0. The van der Waals surface area contributed by atoms with Gasteiger partial charge in [-0.2, -0.15) is 0 Å². The van der Waals surface area contributed by atoms with Crippen molar-refractivity contribution in [1.82, 2.24) is 0 Å². The van der Waals surface area contributed by atoms with E-state index in [-0.39, 0.29) is 0 Å². The monoisotopic (exact) mass is 177 g/mol. The molecule has 0 amide bonds. The summed E-state index contributed by atoms with van der Waals surface area (Å²) >= 11 is 0. The lowest BCUT2D eigenvalue weighted by molar-refractivity contribution is 0.747. The number of rotatable bonds is 7. The van der Waals surface area contributed by atoms with Gasteiger partial charge in [-0.25, -0.2) is 0 Å². The van der Waals surface area contributed by atoms with Crippen LogP contribution >= 0.6 is 0 Å². The summed E-state index contributed by atoms with van der Waals surface area (Å²) in [6.45, 7) is 8.13. The fourth-order valence-electron chi connectivity index (χ4n) is 0.985. The highest BCUT2D eigenvalue weighted by atomic mass is 14.5. The van der Waals surface area contributed by atoms with Gasteiger partial charge in [0.05, 0.1) is 0 Å². The highest BCUT2D eigenvalue weighted by Crippen LogP contribution is 2.07. The second kappa shape index (κ2) is 9.01. The molecule has 0 atom stereocenters. The largest absolute Gasteiger partial charge is 0.330 e. The zero-order valence-electron chi connectivity index (χ0n) is 8.21. The van der Waals surface area contributed by atoms with Crippen LogP contribution in [-0.2, 0) is 0 Å². The Morgan fingerprint density at radius 3 is 2.46 bits per heavy atom. The fourth-order valence-corrected chi connectivity index (χ4v) is 0.985. The Kier molecular flexibility index (Phi) is 8.26. The van der Waals surface area contributed by atoms with E-state index in [9.17, 15) is 0 Å². The molecule has 0 aromatic heterocycles. The summed E-state index contributed by atoms with van der Waals surface area (Å²) in [6.07, 6.45) is 12.9. The molecule has 1 heteroatoms. The molecule has 0 rings (SSSR count). The van der Waals surface area contributed by atoms with E-state index in [0.29, 0.717) is 0 Å². The maximum atomic E-state index is 5.41. The molecule has 1 nitrogen and oxygen atoms in total. The van der Waals surface area contributed by atoms with Crippen molar-refractivity contribution in [2.45, 2.75) is 19.3 Å². The van der Waals surface area contributed by atoms with Gasteiger partial charge in [-0.15, -0.1) is 0 Å². The molecule has 0 saturated heterocycles. The average molecular weight is 177 g/mol. The van der Waals surface area contributed by atoms with Crippen LogP contribution in [0.3, 0.4) is 0 Å². The minimum absolute atomic E-state index is 0.771. The Balaban J connectivity index is 3.86. The van der Waals surface area contributed by atoms with Crippen molar-refractivity contribution in [3.63, 3.8) is 0 Å². The van der Waals surface area contributed by atoms with Crippen molar-refractivity contribution in [1.29, 1.82) is 0 Å². The lowest BCUT2D eigenvalue weighted by Gasteiger charge is -1.98. The third-order valence-corrected chi connectivity index (χ3v) is 1.74. The molecule has 0 aliphatic rings. The number of nitrogens with two attached hydrogens (primary N) is 1. The maximum absolute atomic E-state index is 5.41. The van der Waals surface area contributed by atoms with Crippen LogP contribution < -0.4 is 5.73 Å². The van der Waals surface area contributed by atoms with Gasteiger partial charge in [0.25, 0.3) is 0 Å². The van der Waals surface area contributed by atoms with E-state index >= 15 is 0 Å². The highest BCUT2D eigenvalue weighted by Gasteiger charge is 1.89. The van der Waals surface area contributed by atoms with Gasteiger partial charge in [0.15, 0.2) is 0 Å². The van der Waals surface area contributed by atoms with E-state index in [1.807, 2.05) is 18.2 Å². The summed E-state index contributed by atoms with van der Waals surface area (Å²) < 4.78 is 0. The summed E-state index contributed by atoms with van der Waals surface area (Å²) in [5.74, 6) is 0. The molecular formula is C12H19N. The van der Waals surface area contributed by atoms with Crippen molar-refractivity contribution in [2.24, 2.45) is 5.73 Å². The molecule has 0 heterocycles. The highest BCUT2D eigenvalue weighted by molar-refractivity contribution is 5.23. The molecule has 2 N–H and O–H groups in total. The van der Waals surface area contributed by atoms with Crippen LogP contribution in [0.1, 0.15) is 19.3 Å². The molecule has 0 fully saturated rings. The molecule has 0 bridgehead atoms. The smallest absolute Gasteiger partial charge is 0.00772 e.